The Balaban J connectivity index is 1.64. The van der Waals surface area contributed by atoms with Crippen LogP contribution in [-0.2, 0) is 11.4 Å². The molecule has 3 aromatic carbocycles. The third-order valence-corrected chi connectivity index (χ3v) is 8.36. The van der Waals surface area contributed by atoms with Crippen LogP contribution >= 0.6 is 27.5 Å². The van der Waals surface area contributed by atoms with E-state index >= 15 is 0 Å². The number of Topliss-reactive ketones (excluding diaryl/α,β-unsaturated/α-hetero) is 1. The van der Waals surface area contributed by atoms with Gasteiger partial charge in [-0.25, -0.2) is 0 Å². The Morgan fingerprint density at radius 2 is 1.90 bits per heavy atom. The number of ketones is 1. The molecular weight excluding hydrogens is 608 g/mol. The fraction of sp³-hybridized carbons (Fsp3) is 0.226. The topological polar surface area (TPSA) is 122 Å². The summed E-state index contributed by atoms with van der Waals surface area (Å²) in [5.74, 6) is 0.109. The highest BCUT2D eigenvalue weighted by atomic mass is 79.9. The van der Waals surface area contributed by atoms with Gasteiger partial charge in [0.05, 0.1) is 28.2 Å². The van der Waals surface area contributed by atoms with Crippen LogP contribution < -0.4 is 15.4 Å². The third-order valence-electron chi connectivity index (χ3n) is 7.52. The molecule has 0 bridgehead atoms. The summed E-state index contributed by atoms with van der Waals surface area (Å²) < 4.78 is 7.02. The number of hydrogen-bond donors (Lipinski definition) is 1. The van der Waals surface area contributed by atoms with E-state index in [0.29, 0.717) is 42.8 Å². The second kappa shape index (κ2) is 11.4. The predicted molar refractivity (Wildman–Crippen MR) is 160 cm³/mol. The molecule has 5 rings (SSSR count). The standard InChI is InChI=1S/C31H26BrClN4O4/c1-17-12-19(16-41-22-9-6-20(32)7-10-22)18(2)23(13-17)29-24(15-34)31(35)36(26-4-3-5-28(38)30(26)29)21-8-11-25(33)27(14-21)37(39)40/h6-14,29H,3-5,16,35H2,1-2H3. The van der Waals surface area contributed by atoms with Crippen LogP contribution in [0.25, 0.3) is 0 Å². The number of nitrogens with zero attached hydrogens (tertiary/aromatic N) is 3. The predicted octanol–water partition coefficient (Wildman–Crippen LogP) is 7.51. The molecule has 1 aliphatic carbocycles. The van der Waals surface area contributed by atoms with Crippen LogP contribution in [0, 0.1) is 35.3 Å². The molecule has 208 valence electrons. The van der Waals surface area contributed by atoms with Gasteiger partial charge in [0.2, 0.25) is 0 Å². The van der Waals surface area contributed by atoms with E-state index in [9.17, 15) is 20.2 Å². The van der Waals surface area contributed by atoms with Gasteiger partial charge in [0.15, 0.2) is 5.78 Å². The van der Waals surface area contributed by atoms with Crippen molar-refractivity contribution in [1.82, 2.24) is 0 Å². The summed E-state index contributed by atoms with van der Waals surface area (Å²) in [4.78, 5) is 26.2. The van der Waals surface area contributed by atoms with E-state index < -0.39 is 10.8 Å². The lowest BCUT2D eigenvalue weighted by atomic mass is 9.73. The third kappa shape index (κ3) is 5.33. The van der Waals surface area contributed by atoms with Gasteiger partial charge >= 0.3 is 0 Å². The summed E-state index contributed by atoms with van der Waals surface area (Å²) in [7, 11) is 0. The fourth-order valence-corrected chi connectivity index (χ4v) is 6.03. The van der Waals surface area contributed by atoms with Gasteiger partial charge in [-0.05, 0) is 79.8 Å². The molecule has 10 heteroatoms. The molecule has 3 aromatic rings. The lowest BCUT2D eigenvalue weighted by molar-refractivity contribution is -0.384. The normalized spacial score (nSPS) is 16.9. The van der Waals surface area contributed by atoms with Crippen molar-refractivity contribution >= 4 is 44.7 Å². The zero-order valence-corrected chi connectivity index (χ0v) is 24.8. The first-order chi connectivity index (χ1) is 19.6. The van der Waals surface area contributed by atoms with Crippen molar-refractivity contribution in [3.8, 4) is 11.8 Å². The number of hydrogen-bond acceptors (Lipinski definition) is 7. The highest BCUT2D eigenvalue weighted by Crippen LogP contribution is 2.48. The Hall–Kier alpha value is -4.13. The maximum Gasteiger partial charge on any atom is 0.289 e. The van der Waals surface area contributed by atoms with E-state index in [1.807, 2.05) is 50.2 Å². The van der Waals surface area contributed by atoms with Gasteiger partial charge in [0, 0.05) is 28.2 Å². The van der Waals surface area contributed by atoms with Crippen molar-refractivity contribution in [2.75, 3.05) is 4.90 Å². The first kappa shape index (κ1) is 28.4. The number of nitrogens with two attached hydrogens (primary N) is 1. The van der Waals surface area contributed by atoms with Crippen LogP contribution in [0.4, 0.5) is 11.4 Å². The zero-order valence-electron chi connectivity index (χ0n) is 22.4. The van der Waals surface area contributed by atoms with Crippen LogP contribution in [-0.4, -0.2) is 10.7 Å². The average Bonchev–Trinajstić information content (AvgIpc) is 2.94. The monoisotopic (exact) mass is 632 g/mol. The molecule has 8 nitrogen and oxygen atoms in total. The highest BCUT2D eigenvalue weighted by Gasteiger charge is 2.41. The number of aryl methyl sites for hydroxylation is 1. The molecule has 1 heterocycles. The Morgan fingerprint density at radius 1 is 1.17 bits per heavy atom. The summed E-state index contributed by atoms with van der Waals surface area (Å²) in [5.41, 5.74) is 11.7. The molecule has 41 heavy (non-hydrogen) atoms. The minimum atomic E-state index is -0.673. The van der Waals surface area contributed by atoms with Crippen molar-refractivity contribution in [1.29, 1.82) is 5.26 Å². The molecule has 0 spiro atoms. The molecule has 2 N–H and O–H groups in total. The summed E-state index contributed by atoms with van der Waals surface area (Å²) >= 11 is 9.50. The van der Waals surface area contributed by atoms with Crippen molar-refractivity contribution in [2.45, 2.75) is 45.6 Å². The molecule has 0 saturated heterocycles. The number of halogens is 2. The van der Waals surface area contributed by atoms with E-state index in [4.69, 9.17) is 22.1 Å². The van der Waals surface area contributed by atoms with Gasteiger partial charge < -0.3 is 10.5 Å². The summed E-state index contributed by atoms with van der Waals surface area (Å²) in [5, 5.41) is 22.0. The maximum absolute atomic E-state index is 13.6. The maximum atomic E-state index is 13.6. The molecule has 2 aliphatic rings. The Kier molecular flexibility index (Phi) is 7.89. The van der Waals surface area contributed by atoms with E-state index in [-0.39, 0.29) is 27.9 Å². The Labute approximate surface area is 250 Å². The number of rotatable bonds is 6. The van der Waals surface area contributed by atoms with Gasteiger partial charge in [-0.2, -0.15) is 5.26 Å². The largest absolute Gasteiger partial charge is 0.489 e. The second-order valence-electron chi connectivity index (χ2n) is 10.1. The van der Waals surface area contributed by atoms with Crippen LogP contribution in [0.15, 0.2) is 81.7 Å². The Bertz CT molecular complexity index is 1690. The number of nitro benzene ring substituents is 1. The Morgan fingerprint density at radius 3 is 2.59 bits per heavy atom. The molecule has 0 saturated carbocycles. The van der Waals surface area contributed by atoms with Crippen LogP contribution in [0.2, 0.25) is 5.02 Å². The first-order valence-electron chi connectivity index (χ1n) is 13.0. The quantitative estimate of drug-likeness (QED) is 0.220. The molecular formula is C31H26BrClN4O4. The molecule has 1 atom stereocenters. The molecule has 0 radical (unpaired) electrons. The van der Waals surface area contributed by atoms with Crippen molar-refractivity contribution < 1.29 is 14.5 Å². The zero-order chi connectivity index (χ0) is 29.4. The molecule has 0 aromatic heterocycles. The highest BCUT2D eigenvalue weighted by molar-refractivity contribution is 9.10. The number of anilines is 1. The number of carbonyl (C=O) groups is 1. The van der Waals surface area contributed by atoms with Gasteiger partial charge in [-0.3, -0.25) is 19.8 Å². The minimum absolute atomic E-state index is 0.0149. The summed E-state index contributed by atoms with van der Waals surface area (Å²) in [6, 6.07) is 18.2. The number of benzene rings is 3. The summed E-state index contributed by atoms with van der Waals surface area (Å²) in [6.07, 6.45) is 1.47. The van der Waals surface area contributed by atoms with Crippen LogP contribution in [0.5, 0.6) is 5.75 Å². The van der Waals surface area contributed by atoms with Crippen molar-refractivity contribution in [2.24, 2.45) is 5.73 Å². The van der Waals surface area contributed by atoms with Gasteiger partial charge in [0.25, 0.3) is 5.69 Å². The second-order valence-corrected chi connectivity index (χ2v) is 11.4. The van der Waals surface area contributed by atoms with Gasteiger partial charge in [-0.15, -0.1) is 0 Å². The van der Waals surface area contributed by atoms with Crippen molar-refractivity contribution in [3.05, 3.63) is 119 Å². The van der Waals surface area contributed by atoms with Crippen LogP contribution in [0.3, 0.4) is 0 Å². The number of carbonyl (C=O) groups excluding carboxylic acids is 1. The summed E-state index contributed by atoms with van der Waals surface area (Å²) in [6.45, 7) is 4.23. The van der Waals surface area contributed by atoms with E-state index in [1.165, 1.54) is 12.1 Å². The van der Waals surface area contributed by atoms with Gasteiger partial charge in [-0.1, -0.05) is 45.2 Å². The SMILES string of the molecule is Cc1cc(COc2ccc(Br)cc2)c(C)c(C2C(C#N)=C(N)N(c3ccc(Cl)c([N+](=O)[O-])c3)C3=C2C(=O)CCC3)c1. The number of nitriles is 1. The molecule has 1 aliphatic heterocycles. The van der Waals surface area contributed by atoms with Crippen molar-refractivity contribution in [3.63, 3.8) is 0 Å². The fourth-order valence-electron chi connectivity index (χ4n) is 5.58. The molecule has 1 unspecified atom stereocenters. The first-order valence-corrected chi connectivity index (χ1v) is 14.2. The average molecular weight is 634 g/mol. The minimum Gasteiger partial charge on any atom is -0.489 e. The number of nitro groups is 1. The van der Waals surface area contributed by atoms with Crippen LogP contribution in [0.1, 0.15) is 47.4 Å². The lowest BCUT2D eigenvalue weighted by Crippen LogP contribution is -2.39. The van der Waals surface area contributed by atoms with E-state index in [2.05, 4.69) is 22.0 Å². The molecule has 0 amide bonds. The lowest BCUT2D eigenvalue weighted by Gasteiger charge is -2.40. The number of ether oxygens (including phenoxy) is 1. The smallest absolute Gasteiger partial charge is 0.289 e. The van der Waals surface area contributed by atoms with E-state index in [0.717, 1.165) is 32.5 Å². The number of allylic oxidation sites excluding steroid dienone is 3. The van der Waals surface area contributed by atoms with Gasteiger partial charge in [0.1, 0.15) is 23.2 Å². The molecule has 0 fully saturated rings. The van der Waals surface area contributed by atoms with E-state index in [1.54, 1.807) is 11.0 Å².